The van der Waals surface area contributed by atoms with Crippen LogP contribution in [0.25, 0.3) is 0 Å². The lowest BCUT2D eigenvalue weighted by Crippen LogP contribution is -2.39. The average molecular weight is 366 g/mol. The van der Waals surface area contributed by atoms with Gasteiger partial charge in [0.2, 0.25) is 5.95 Å². The fraction of sp³-hybridized carbons (Fsp3) is 0.353. The molecule has 2 rings (SSSR count). The lowest BCUT2D eigenvalue weighted by molar-refractivity contribution is -0.141. The van der Waals surface area contributed by atoms with E-state index in [1.165, 1.54) is 0 Å². The van der Waals surface area contributed by atoms with Gasteiger partial charge in [-0.25, -0.2) is 15.0 Å². The van der Waals surface area contributed by atoms with Gasteiger partial charge >= 0.3 is 6.18 Å². The summed E-state index contributed by atoms with van der Waals surface area (Å²) in [4.78, 5) is 13.6. The average Bonchev–Trinajstić information content (AvgIpc) is 2.61. The van der Waals surface area contributed by atoms with Crippen LogP contribution in [0.15, 0.2) is 47.6 Å². The van der Waals surface area contributed by atoms with E-state index in [2.05, 4.69) is 25.6 Å². The SMILES string of the molecule is CN(C)C(=NCc1ccccc1)NCCNc1nccc(C(F)(F)F)n1. The molecule has 0 radical (unpaired) electrons. The molecule has 1 heterocycles. The van der Waals surface area contributed by atoms with Crippen LogP contribution in [0.1, 0.15) is 11.3 Å². The van der Waals surface area contributed by atoms with Gasteiger partial charge in [-0.2, -0.15) is 13.2 Å². The Morgan fingerprint density at radius 1 is 1.12 bits per heavy atom. The number of aromatic nitrogens is 2. The monoisotopic (exact) mass is 366 g/mol. The van der Waals surface area contributed by atoms with Crippen molar-refractivity contribution in [2.45, 2.75) is 12.7 Å². The second kappa shape index (κ2) is 9.02. The Hall–Kier alpha value is -2.84. The quantitative estimate of drug-likeness (QED) is 0.467. The maximum Gasteiger partial charge on any atom is 0.433 e. The zero-order chi connectivity index (χ0) is 19.0. The van der Waals surface area contributed by atoms with Gasteiger partial charge in [-0.1, -0.05) is 30.3 Å². The first-order chi connectivity index (χ1) is 12.4. The van der Waals surface area contributed by atoms with Crippen LogP contribution in [-0.4, -0.2) is 48.0 Å². The van der Waals surface area contributed by atoms with E-state index < -0.39 is 11.9 Å². The summed E-state index contributed by atoms with van der Waals surface area (Å²) in [6.07, 6.45) is -3.40. The van der Waals surface area contributed by atoms with E-state index in [0.717, 1.165) is 17.8 Å². The number of rotatable bonds is 6. The van der Waals surface area contributed by atoms with Crippen molar-refractivity contribution < 1.29 is 13.2 Å². The van der Waals surface area contributed by atoms with Crippen molar-refractivity contribution in [2.75, 3.05) is 32.5 Å². The smallest absolute Gasteiger partial charge is 0.354 e. The van der Waals surface area contributed by atoms with E-state index >= 15 is 0 Å². The minimum atomic E-state index is -4.49. The normalized spacial score (nSPS) is 12.0. The molecule has 0 atom stereocenters. The number of halogens is 3. The zero-order valence-electron chi connectivity index (χ0n) is 14.6. The molecule has 1 aromatic carbocycles. The van der Waals surface area contributed by atoms with Crippen LogP contribution in [0, 0.1) is 0 Å². The third kappa shape index (κ3) is 6.23. The van der Waals surface area contributed by atoms with Crippen LogP contribution < -0.4 is 10.6 Å². The van der Waals surface area contributed by atoms with Gasteiger partial charge in [-0.05, 0) is 11.6 Å². The molecule has 1 aromatic heterocycles. The third-order valence-corrected chi connectivity index (χ3v) is 3.32. The Balaban J connectivity index is 1.85. The van der Waals surface area contributed by atoms with Gasteiger partial charge in [0.05, 0.1) is 6.54 Å². The molecule has 6 nitrogen and oxygen atoms in total. The molecule has 0 aliphatic heterocycles. The predicted molar refractivity (Wildman–Crippen MR) is 94.8 cm³/mol. The minimum Gasteiger partial charge on any atom is -0.354 e. The largest absolute Gasteiger partial charge is 0.433 e. The van der Waals surface area contributed by atoms with Gasteiger partial charge < -0.3 is 15.5 Å². The highest BCUT2D eigenvalue weighted by Gasteiger charge is 2.32. The van der Waals surface area contributed by atoms with Crippen LogP contribution in [-0.2, 0) is 12.7 Å². The predicted octanol–water partition coefficient (Wildman–Crippen LogP) is 2.61. The fourth-order valence-electron chi connectivity index (χ4n) is 2.06. The van der Waals surface area contributed by atoms with E-state index in [9.17, 15) is 13.2 Å². The number of nitrogens with one attached hydrogen (secondary N) is 2. The maximum atomic E-state index is 12.6. The van der Waals surface area contributed by atoms with Gasteiger partial charge in [0.15, 0.2) is 5.96 Å². The van der Waals surface area contributed by atoms with Gasteiger partial charge in [0.1, 0.15) is 5.69 Å². The Labute approximate surface area is 150 Å². The van der Waals surface area contributed by atoms with Crippen LogP contribution in [0.5, 0.6) is 0 Å². The fourth-order valence-corrected chi connectivity index (χ4v) is 2.06. The van der Waals surface area contributed by atoms with Crippen molar-refractivity contribution in [3.63, 3.8) is 0 Å². The first kappa shape index (κ1) is 19.5. The molecular formula is C17H21F3N6. The van der Waals surface area contributed by atoms with E-state index in [4.69, 9.17) is 0 Å². The number of benzene rings is 1. The van der Waals surface area contributed by atoms with Crippen LogP contribution in [0.2, 0.25) is 0 Å². The van der Waals surface area contributed by atoms with E-state index in [-0.39, 0.29) is 5.95 Å². The summed E-state index contributed by atoms with van der Waals surface area (Å²) in [6, 6.07) is 10.7. The van der Waals surface area contributed by atoms with Crippen molar-refractivity contribution in [3.05, 3.63) is 53.9 Å². The summed E-state index contributed by atoms with van der Waals surface area (Å²) in [5, 5.41) is 5.91. The molecule has 0 aliphatic carbocycles. The topological polar surface area (TPSA) is 65.4 Å². The molecule has 0 bridgehead atoms. The zero-order valence-corrected chi connectivity index (χ0v) is 14.6. The molecule has 0 amide bonds. The van der Waals surface area contributed by atoms with Crippen molar-refractivity contribution >= 4 is 11.9 Å². The summed E-state index contributed by atoms with van der Waals surface area (Å²) < 4.78 is 37.9. The van der Waals surface area contributed by atoms with Crippen molar-refractivity contribution in [1.82, 2.24) is 20.2 Å². The molecule has 26 heavy (non-hydrogen) atoms. The van der Waals surface area contributed by atoms with Gasteiger partial charge in [-0.15, -0.1) is 0 Å². The van der Waals surface area contributed by atoms with Crippen LogP contribution in [0.3, 0.4) is 0 Å². The van der Waals surface area contributed by atoms with Crippen LogP contribution >= 0.6 is 0 Å². The lowest BCUT2D eigenvalue weighted by Gasteiger charge is -2.18. The first-order valence-electron chi connectivity index (χ1n) is 8.00. The molecule has 2 N–H and O–H groups in total. The summed E-state index contributed by atoms with van der Waals surface area (Å²) in [5.74, 6) is 0.620. The van der Waals surface area contributed by atoms with E-state index in [1.807, 2.05) is 49.3 Å². The molecule has 2 aromatic rings. The van der Waals surface area contributed by atoms with Gasteiger partial charge in [-0.3, -0.25) is 0 Å². The third-order valence-electron chi connectivity index (χ3n) is 3.32. The molecule has 0 aliphatic rings. The Morgan fingerprint density at radius 2 is 1.85 bits per heavy atom. The number of anilines is 1. The van der Waals surface area contributed by atoms with Crippen molar-refractivity contribution in [2.24, 2.45) is 4.99 Å². The van der Waals surface area contributed by atoms with E-state index in [0.29, 0.717) is 25.6 Å². The number of hydrogen-bond acceptors (Lipinski definition) is 4. The molecule has 140 valence electrons. The second-order valence-electron chi connectivity index (χ2n) is 5.64. The molecule has 0 fully saturated rings. The minimum absolute atomic E-state index is 0.0609. The summed E-state index contributed by atoms with van der Waals surface area (Å²) in [7, 11) is 3.72. The van der Waals surface area contributed by atoms with Crippen LogP contribution in [0.4, 0.5) is 19.1 Å². The number of alkyl halides is 3. The highest BCUT2D eigenvalue weighted by atomic mass is 19.4. The number of hydrogen-bond donors (Lipinski definition) is 2. The number of nitrogens with zero attached hydrogens (tertiary/aromatic N) is 4. The maximum absolute atomic E-state index is 12.6. The van der Waals surface area contributed by atoms with Gasteiger partial charge in [0, 0.05) is 33.4 Å². The molecule has 0 unspecified atom stereocenters. The Bertz CT molecular complexity index is 716. The number of aliphatic imine (C=N–C) groups is 1. The first-order valence-corrected chi connectivity index (χ1v) is 8.00. The Morgan fingerprint density at radius 3 is 2.50 bits per heavy atom. The standard InChI is InChI=1S/C17H21F3N6/c1-26(2)16(24-12-13-6-4-3-5-7-13)23-11-10-22-15-21-9-8-14(25-15)17(18,19)20/h3-9H,10-12H2,1-2H3,(H,23,24)(H,21,22,25). The second-order valence-corrected chi connectivity index (χ2v) is 5.64. The highest BCUT2D eigenvalue weighted by Crippen LogP contribution is 2.27. The summed E-state index contributed by atoms with van der Waals surface area (Å²) in [6.45, 7) is 1.33. The molecule has 0 saturated carbocycles. The lowest BCUT2D eigenvalue weighted by atomic mass is 10.2. The van der Waals surface area contributed by atoms with Crippen molar-refractivity contribution in [3.8, 4) is 0 Å². The Kier molecular flexibility index (Phi) is 6.76. The number of guanidine groups is 1. The van der Waals surface area contributed by atoms with Gasteiger partial charge in [0.25, 0.3) is 0 Å². The summed E-state index contributed by atoms with van der Waals surface area (Å²) in [5.41, 5.74) is 0.116. The molecule has 0 spiro atoms. The molecule has 9 heteroatoms. The molecular weight excluding hydrogens is 345 g/mol. The summed E-state index contributed by atoms with van der Waals surface area (Å²) >= 11 is 0. The van der Waals surface area contributed by atoms with Crippen molar-refractivity contribution in [1.29, 1.82) is 0 Å². The molecule has 0 saturated heterocycles. The van der Waals surface area contributed by atoms with E-state index in [1.54, 1.807) is 0 Å². The highest BCUT2D eigenvalue weighted by molar-refractivity contribution is 5.79.